The van der Waals surface area contributed by atoms with Crippen LogP contribution in [0.1, 0.15) is 51.5 Å². The zero-order valence-electron chi connectivity index (χ0n) is 12.8. The number of carbonyl (C=O) groups excluding carboxylic acids is 1. The van der Waals surface area contributed by atoms with Crippen molar-refractivity contribution in [2.24, 2.45) is 5.92 Å². The first-order valence-corrected chi connectivity index (χ1v) is 7.58. The molecule has 0 unspecified atom stereocenters. The second-order valence-electron chi connectivity index (χ2n) is 4.96. The van der Waals surface area contributed by atoms with Crippen LogP contribution in [-0.2, 0) is 9.53 Å². The van der Waals surface area contributed by atoms with Crippen molar-refractivity contribution in [3.63, 3.8) is 0 Å². The van der Waals surface area contributed by atoms with Crippen LogP contribution in [0.4, 0.5) is 0 Å². The lowest BCUT2D eigenvalue weighted by Crippen LogP contribution is -2.24. The largest absolute Gasteiger partial charge is 0.466 e. The second kappa shape index (κ2) is 9.35. The zero-order chi connectivity index (χ0) is 14.8. The molecule has 0 aliphatic heterocycles. The second-order valence-corrected chi connectivity index (χ2v) is 4.96. The summed E-state index contributed by atoms with van der Waals surface area (Å²) in [6, 6.07) is 10.2. The van der Waals surface area contributed by atoms with E-state index >= 15 is 0 Å². The Morgan fingerprint density at radius 1 is 1.25 bits per heavy atom. The average Bonchev–Trinajstić information content (AvgIpc) is 2.47. The molecule has 1 aromatic carbocycles. The van der Waals surface area contributed by atoms with Crippen molar-refractivity contribution in [1.29, 1.82) is 0 Å². The van der Waals surface area contributed by atoms with Crippen LogP contribution in [0.15, 0.2) is 42.5 Å². The quantitative estimate of drug-likeness (QED) is 0.506. The predicted molar refractivity (Wildman–Crippen MR) is 83.6 cm³/mol. The van der Waals surface area contributed by atoms with Gasteiger partial charge in [0.1, 0.15) is 0 Å². The summed E-state index contributed by atoms with van der Waals surface area (Å²) in [5.41, 5.74) is 1.18. The van der Waals surface area contributed by atoms with Crippen LogP contribution < -0.4 is 0 Å². The molecular weight excluding hydrogens is 248 g/mol. The minimum absolute atomic E-state index is 0.0760. The first-order valence-electron chi connectivity index (χ1n) is 7.58. The Hall–Kier alpha value is -1.57. The highest BCUT2D eigenvalue weighted by Gasteiger charge is 2.28. The Labute approximate surface area is 122 Å². The zero-order valence-corrected chi connectivity index (χ0v) is 12.8. The minimum Gasteiger partial charge on any atom is -0.466 e. The predicted octanol–water partition coefficient (Wildman–Crippen LogP) is 4.72. The summed E-state index contributed by atoms with van der Waals surface area (Å²) in [6.07, 6.45) is 7.15. The van der Waals surface area contributed by atoms with Crippen molar-refractivity contribution in [1.82, 2.24) is 0 Å². The van der Waals surface area contributed by atoms with Gasteiger partial charge in [0.15, 0.2) is 0 Å². The summed E-state index contributed by atoms with van der Waals surface area (Å²) in [7, 11) is 0. The molecule has 2 heteroatoms. The lowest BCUT2D eigenvalue weighted by molar-refractivity contribution is -0.148. The van der Waals surface area contributed by atoms with Crippen molar-refractivity contribution in [2.75, 3.05) is 6.61 Å². The standard InChI is InChI=1S/C18H26O2/c1-4-7-14-17(18(19)20-6-3)16(11-5-2)15-12-9-8-10-13-15/h5,8-13,16-17H,4,6-7,14H2,1-3H3/b11-5+/t16-,17+/m1/s1. The molecule has 0 radical (unpaired) electrons. The van der Waals surface area contributed by atoms with Gasteiger partial charge in [-0.15, -0.1) is 0 Å². The fraction of sp³-hybridized carbons (Fsp3) is 0.500. The third-order valence-corrected chi connectivity index (χ3v) is 3.48. The van der Waals surface area contributed by atoms with Crippen LogP contribution >= 0.6 is 0 Å². The number of benzene rings is 1. The summed E-state index contributed by atoms with van der Waals surface area (Å²) >= 11 is 0. The van der Waals surface area contributed by atoms with Gasteiger partial charge < -0.3 is 4.74 Å². The molecule has 0 aliphatic rings. The molecule has 0 N–H and O–H groups in total. The molecule has 0 amide bonds. The summed E-state index contributed by atoms with van der Waals surface area (Å²) in [6.45, 7) is 6.45. The van der Waals surface area contributed by atoms with Crippen LogP contribution in [0.25, 0.3) is 0 Å². The minimum atomic E-state index is -0.0894. The van der Waals surface area contributed by atoms with Crippen LogP contribution in [0.3, 0.4) is 0 Å². The molecule has 0 bridgehead atoms. The number of esters is 1. The highest BCUT2D eigenvalue weighted by atomic mass is 16.5. The van der Waals surface area contributed by atoms with Crippen molar-refractivity contribution in [3.8, 4) is 0 Å². The summed E-state index contributed by atoms with van der Waals surface area (Å²) in [5.74, 6) is -0.0618. The van der Waals surface area contributed by atoms with Crippen molar-refractivity contribution < 1.29 is 9.53 Å². The summed E-state index contributed by atoms with van der Waals surface area (Å²) in [4.78, 5) is 12.3. The number of unbranched alkanes of at least 4 members (excludes halogenated alkanes) is 1. The van der Waals surface area contributed by atoms with Gasteiger partial charge >= 0.3 is 5.97 Å². The van der Waals surface area contributed by atoms with Gasteiger partial charge in [0.2, 0.25) is 0 Å². The molecule has 0 saturated heterocycles. The first kappa shape index (κ1) is 16.5. The lowest BCUT2D eigenvalue weighted by atomic mass is 9.82. The molecule has 1 aromatic rings. The maximum atomic E-state index is 12.3. The fourth-order valence-electron chi connectivity index (χ4n) is 2.48. The summed E-state index contributed by atoms with van der Waals surface area (Å²) < 4.78 is 5.28. The van der Waals surface area contributed by atoms with E-state index in [2.05, 4.69) is 25.1 Å². The van der Waals surface area contributed by atoms with E-state index in [1.807, 2.05) is 38.1 Å². The van der Waals surface area contributed by atoms with Gasteiger partial charge in [-0.3, -0.25) is 4.79 Å². The van der Waals surface area contributed by atoms with Crippen molar-refractivity contribution >= 4 is 5.97 Å². The van der Waals surface area contributed by atoms with Gasteiger partial charge in [0.25, 0.3) is 0 Å². The Kier molecular flexibility index (Phi) is 7.71. The average molecular weight is 274 g/mol. The van der Waals surface area contributed by atoms with E-state index in [1.165, 1.54) is 5.56 Å². The number of hydrogen-bond donors (Lipinski definition) is 0. The molecule has 1 rings (SSSR count). The number of rotatable bonds is 8. The summed E-state index contributed by atoms with van der Waals surface area (Å²) in [5, 5.41) is 0. The molecule has 0 aromatic heterocycles. The maximum absolute atomic E-state index is 12.3. The van der Waals surface area contributed by atoms with Crippen molar-refractivity contribution in [2.45, 2.75) is 46.0 Å². The van der Waals surface area contributed by atoms with Crippen LogP contribution in [0, 0.1) is 5.92 Å². The van der Waals surface area contributed by atoms with Gasteiger partial charge in [-0.1, -0.05) is 62.2 Å². The van der Waals surface area contributed by atoms with Crippen LogP contribution in [0.2, 0.25) is 0 Å². The molecule has 0 fully saturated rings. The Morgan fingerprint density at radius 2 is 1.95 bits per heavy atom. The van der Waals surface area contributed by atoms with E-state index in [-0.39, 0.29) is 17.8 Å². The number of ether oxygens (including phenoxy) is 1. The van der Waals surface area contributed by atoms with Gasteiger partial charge in [0.05, 0.1) is 12.5 Å². The topological polar surface area (TPSA) is 26.3 Å². The van der Waals surface area contributed by atoms with E-state index in [9.17, 15) is 4.79 Å². The van der Waals surface area contributed by atoms with Gasteiger partial charge in [-0.25, -0.2) is 0 Å². The van der Waals surface area contributed by atoms with E-state index in [0.29, 0.717) is 6.61 Å². The monoisotopic (exact) mass is 274 g/mol. The van der Waals surface area contributed by atoms with Gasteiger partial charge in [0, 0.05) is 5.92 Å². The smallest absolute Gasteiger partial charge is 0.309 e. The van der Waals surface area contributed by atoms with Crippen LogP contribution in [-0.4, -0.2) is 12.6 Å². The van der Waals surface area contributed by atoms with E-state index in [1.54, 1.807) is 0 Å². The number of carbonyl (C=O) groups is 1. The Morgan fingerprint density at radius 3 is 2.50 bits per heavy atom. The van der Waals surface area contributed by atoms with Gasteiger partial charge in [-0.2, -0.15) is 0 Å². The number of allylic oxidation sites excluding steroid dienone is 2. The molecule has 0 aliphatic carbocycles. The van der Waals surface area contributed by atoms with Crippen molar-refractivity contribution in [3.05, 3.63) is 48.0 Å². The number of hydrogen-bond acceptors (Lipinski definition) is 2. The molecule has 2 atom stereocenters. The van der Waals surface area contributed by atoms with E-state index in [0.717, 1.165) is 19.3 Å². The highest BCUT2D eigenvalue weighted by molar-refractivity contribution is 5.74. The first-order chi connectivity index (χ1) is 9.74. The molecule has 20 heavy (non-hydrogen) atoms. The molecule has 0 saturated carbocycles. The van der Waals surface area contributed by atoms with Crippen LogP contribution in [0.5, 0.6) is 0 Å². The molecule has 2 nitrogen and oxygen atoms in total. The molecule has 0 spiro atoms. The Bertz CT molecular complexity index is 409. The van der Waals surface area contributed by atoms with E-state index < -0.39 is 0 Å². The normalized spacial score (nSPS) is 14.2. The molecule has 0 heterocycles. The Balaban J connectivity index is 3.00. The molecule has 110 valence electrons. The lowest BCUT2D eigenvalue weighted by Gasteiger charge is -2.23. The maximum Gasteiger partial charge on any atom is 0.309 e. The third-order valence-electron chi connectivity index (χ3n) is 3.48. The fourth-order valence-corrected chi connectivity index (χ4v) is 2.48. The van der Waals surface area contributed by atoms with Gasteiger partial charge in [-0.05, 0) is 25.8 Å². The third kappa shape index (κ3) is 4.84. The SMILES string of the molecule is C/C=C/[C@H](c1ccccc1)[C@H](CCCC)C(=O)OCC. The molecular formula is C18H26O2. The van der Waals surface area contributed by atoms with E-state index in [4.69, 9.17) is 4.74 Å². The highest BCUT2D eigenvalue weighted by Crippen LogP contribution is 2.31.